The summed E-state index contributed by atoms with van der Waals surface area (Å²) >= 11 is 0. The zero-order chi connectivity index (χ0) is 18.6. The van der Waals surface area contributed by atoms with Gasteiger partial charge in [0.15, 0.2) is 0 Å². The fraction of sp³-hybridized carbons (Fsp3) is 0.438. The molecule has 0 saturated carbocycles. The first-order chi connectivity index (χ1) is 11.9. The third-order valence-electron chi connectivity index (χ3n) is 3.69. The number of aliphatic hydroxyl groups excluding tert-OH is 4. The highest BCUT2D eigenvalue weighted by molar-refractivity contribution is 5.89. The summed E-state index contributed by atoms with van der Waals surface area (Å²) in [6, 6.07) is 6.51. The molecule has 1 heterocycles. The Labute approximate surface area is 143 Å². The van der Waals surface area contributed by atoms with E-state index in [1.54, 1.807) is 24.3 Å². The van der Waals surface area contributed by atoms with Crippen molar-refractivity contribution in [2.24, 2.45) is 0 Å². The second-order valence-corrected chi connectivity index (χ2v) is 5.41. The number of aliphatic hydroxyl groups is 4. The Morgan fingerprint density at radius 3 is 2.56 bits per heavy atom. The van der Waals surface area contributed by atoms with Crippen LogP contribution in [0.2, 0.25) is 0 Å². The van der Waals surface area contributed by atoms with Gasteiger partial charge in [-0.3, -0.25) is 0 Å². The first kappa shape index (κ1) is 19.2. The van der Waals surface area contributed by atoms with Gasteiger partial charge in [-0.25, -0.2) is 4.79 Å². The fourth-order valence-electron chi connectivity index (χ4n) is 2.32. The van der Waals surface area contributed by atoms with Gasteiger partial charge in [0.2, 0.25) is 12.0 Å². The molecule has 0 aliphatic carbocycles. The van der Waals surface area contributed by atoms with E-state index in [1.165, 1.54) is 13.2 Å². The van der Waals surface area contributed by atoms with Crippen LogP contribution in [0, 0.1) is 0 Å². The molecule has 9 heteroatoms. The van der Waals surface area contributed by atoms with Crippen LogP contribution in [-0.4, -0.2) is 75.9 Å². The van der Waals surface area contributed by atoms with Crippen LogP contribution in [0.3, 0.4) is 0 Å². The highest BCUT2D eigenvalue weighted by Gasteiger charge is 2.45. The number of rotatable bonds is 6. The van der Waals surface area contributed by atoms with Crippen molar-refractivity contribution < 1.29 is 44.5 Å². The average molecular weight is 356 g/mol. The zero-order valence-electron chi connectivity index (χ0n) is 13.3. The summed E-state index contributed by atoms with van der Waals surface area (Å²) in [6.45, 7) is -0.646. The third-order valence-corrected chi connectivity index (χ3v) is 3.69. The molecule has 1 aromatic carbocycles. The molecule has 1 aliphatic rings. The lowest BCUT2D eigenvalue weighted by Crippen LogP contribution is -2.59. The molecule has 1 aliphatic heterocycles. The third kappa shape index (κ3) is 4.47. The highest BCUT2D eigenvalue weighted by Crippen LogP contribution is 2.25. The van der Waals surface area contributed by atoms with Crippen molar-refractivity contribution in [3.05, 3.63) is 35.6 Å². The van der Waals surface area contributed by atoms with Crippen LogP contribution in [0.15, 0.2) is 30.0 Å². The van der Waals surface area contributed by atoms with Crippen molar-refractivity contribution in [3.63, 3.8) is 0 Å². The van der Waals surface area contributed by atoms with Gasteiger partial charge >= 0.3 is 5.97 Å². The molecule has 138 valence electrons. The minimum atomic E-state index is -1.70. The molecule has 5 N–H and O–H groups in total. The van der Waals surface area contributed by atoms with Gasteiger partial charge < -0.3 is 39.7 Å². The van der Waals surface area contributed by atoms with Gasteiger partial charge in [0.25, 0.3) is 0 Å². The molecule has 1 aromatic rings. The molecule has 0 spiro atoms. The maximum absolute atomic E-state index is 11.4. The normalized spacial score (nSPS) is 30.0. The molecule has 1 saturated heterocycles. The standard InChI is InChI=1S/C16H20O9/c1-23-9-4-2-3-8(5-9)6-10(15(21)22)24-16-14(20)13(19)12(18)11(7-17)25-16/h2-6,11-14,16-20H,7H2,1H3,(H,21,22)/b10-6+/t11-,12-,13-,14+,16-/m0/s1. The van der Waals surface area contributed by atoms with E-state index in [1.807, 2.05) is 0 Å². The number of carboxylic acid groups (broad SMARTS) is 1. The van der Waals surface area contributed by atoms with Crippen molar-refractivity contribution in [1.82, 2.24) is 0 Å². The van der Waals surface area contributed by atoms with Crippen LogP contribution in [0.4, 0.5) is 0 Å². The maximum Gasteiger partial charge on any atom is 0.371 e. The van der Waals surface area contributed by atoms with Crippen LogP contribution < -0.4 is 4.74 Å². The van der Waals surface area contributed by atoms with E-state index in [0.29, 0.717) is 11.3 Å². The Kier molecular flexibility index (Phi) is 6.34. The quantitative estimate of drug-likeness (QED) is 0.318. The molecular weight excluding hydrogens is 336 g/mol. The van der Waals surface area contributed by atoms with Crippen LogP contribution in [0.25, 0.3) is 6.08 Å². The van der Waals surface area contributed by atoms with E-state index in [0.717, 1.165) is 0 Å². The van der Waals surface area contributed by atoms with E-state index in [9.17, 15) is 25.2 Å². The number of carboxylic acids is 1. The largest absolute Gasteiger partial charge is 0.497 e. The SMILES string of the molecule is COc1cccc(/C=C(/O[C@H]2O[C@@H](CO)[C@H](O)[C@H](O)[C@H]2O)C(=O)O)c1. The average Bonchev–Trinajstić information content (AvgIpc) is 2.61. The van der Waals surface area contributed by atoms with E-state index >= 15 is 0 Å². The molecule has 0 unspecified atom stereocenters. The van der Waals surface area contributed by atoms with Crippen LogP contribution in [0.1, 0.15) is 5.56 Å². The van der Waals surface area contributed by atoms with Crippen molar-refractivity contribution in [1.29, 1.82) is 0 Å². The maximum atomic E-state index is 11.4. The lowest BCUT2D eigenvalue weighted by Gasteiger charge is -2.39. The summed E-state index contributed by atoms with van der Waals surface area (Å²) in [5.74, 6) is -1.48. The molecular formula is C16H20O9. The van der Waals surface area contributed by atoms with Gasteiger partial charge in [-0.1, -0.05) is 12.1 Å². The first-order valence-corrected chi connectivity index (χ1v) is 7.43. The number of hydrogen-bond donors (Lipinski definition) is 5. The second-order valence-electron chi connectivity index (χ2n) is 5.41. The summed E-state index contributed by atoms with van der Waals surface area (Å²) in [6.07, 6.45) is -6.52. The van der Waals surface area contributed by atoms with Crippen molar-refractivity contribution in [3.8, 4) is 5.75 Å². The van der Waals surface area contributed by atoms with E-state index < -0.39 is 49.0 Å². The Hall–Kier alpha value is -2.17. The molecule has 1 fully saturated rings. The van der Waals surface area contributed by atoms with Crippen molar-refractivity contribution in [2.45, 2.75) is 30.7 Å². The molecule has 0 amide bonds. The molecule has 0 radical (unpaired) electrons. The van der Waals surface area contributed by atoms with Gasteiger partial charge in [-0.15, -0.1) is 0 Å². The van der Waals surface area contributed by atoms with Gasteiger partial charge in [-0.05, 0) is 23.8 Å². The topological polar surface area (TPSA) is 146 Å². The number of carbonyl (C=O) groups is 1. The number of hydrogen-bond acceptors (Lipinski definition) is 8. The molecule has 9 nitrogen and oxygen atoms in total. The van der Waals surface area contributed by atoms with Crippen molar-refractivity contribution in [2.75, 3.05) is 13.7 Å². The summed E-state index contributed by atoms with van der Waals surface area (Å²) in [7, 11) is 1.46. The van der Waals surface area contributed by atoms with E-state index in [4.69, 9.17) is 19.3 Å². The van der Waals surface area contributed by atoms with Crippen LogP contribution in [-0.2, 0) is 14.3 Å². The Balaban J connectivity index is 2.23. The minimum Gasteiger partial charge on any atom is -0.497 e. The molecule has 0 aromatic heterocycles. The molecule has 25 heavy (non-hydrogen) atoms. The van der Waals surface area contributed by atoms with Gasteiger partial charge in [0, 0.05) is 0 Å². The predicted molar refractivity (Wildman–Crippen MR) is 83.5 cm³/mol. The predicted octanol–water partition coefficient (Wildman–Crippen LogP) is -1.06. The minimum absolute atomic E-state index is 0.460. The Morgan fingerprint density at radius 2 is 1.96 bits per heavy atom. The second kappa shape index (κ2) is 8.28. The lowest BCUT2D eigenvalue weighted by molar-refractivity contribution is -0.291. The number of benzene rings is 1. The van der Waals surface area contributed by atoms with E-state index in [-0.39, 0.29) is 0 Å². The fourth-order valence-corrected chi connectivity index (χ4v) is 2.32. The monoisotopic (exact) mass is 356 g/mol. The van der Waals surface area contributed by atoms with Gasteiger partial charge in [0.1, 0.15) is 30.2 Å². The summed E-state index contributed by atoms with van der Waals surface area (Å²) in [5, 5.41) is 47.8. The van der Waals surface area contributed by atoms with E-state index in [2.05, 4.69) is 0 Å². The van der Waals surface area contributed by atoms with Crippen molar-refractivity contribution >= 4 is 12.0 Å². The highest BCUT2D eigenvalue weighted by atomic mass is 16.7. The lowest BCUT2D eigenvalue weighted by atomic mass is 9.99. The molecule has 5 atom stereocenters. The Morgan fingerprint density at radius 1 is 1.24 bits per heavy atom. The van der Waals surface area contributed by atoms with Crippen LogP contribution in [0.5, 0.6) is 5.75 Å². The number of ether oxygens (including phenoxy) is 3. The van der Waals surface area contributed by atoms with Crippen LogP contribution >= 0.6 is 0 Å². The first-order valence-electron chi connectivity index (χ1n) is 7.43. The number of aliphatic carboxylic acids is 1. The molecule has 0 bridgehead atoms. The number of methoxy groups -OCH3 is 1. The zero-order valence-corrected chi connectivity index (χ0v) is 13.3. The smallest absolute Gasteiger partial charge is 0.371 e. The van der Waals surface area contributed by atoms with Gasteiger partial charge in [-0.2, -0.15) is 0 Å². The Bertz CT molecular complexity index is 628. The summed E-state index contributed by atoms with van der Waals surface area (Å²) < 4.78 is 15.3. The van der Waals surface area contributed by atoms with Gasteiger partial charge in [0.05, 0.1) is 13.7 Å². The summed E-state index contributed by atoms with van der Waals surface area (Å²) in [5.41, 5.74) is 0.460. The molecule has 2 rings (SSSR count). The summed E-state index contributed by atoms with van der Waals surface area (Å²) in [4.78, 5) is 11.4.